The van der Waals surface area contributed by atoms with Crippen molar-refractivity contribution in [3.05, 3.63) is 35.4 Å². The molecule has 1 aliphatic rings. The highest BCUT2D eigenvalue weighted by Crippen LogP contribution is 2.22. The van der Waals surface area contributed by atoms with Gasteiger partial charge in [0.05, 0.1) is 0 Å². The Morgan fingerprint density at radius 2 is 2.00 bits per heavy atom. The molecule has 1 aliphatic heterocycles. The predicted molar refractivity (Wildman–Crippen MR) is 82.1 cm³/mol. The molecular weight excluding hydrogens is 270 g/mol. The van der Waals surface area contributed by atoms with Crippen LogP contribution >= 0.6 is 0 Å². The van der Waals surface area contributed by atoms with Gasteiger partial charge in [-0.05, 0) is 62.9 Å². The Morgan fingerprint density at radius 1 is 1.29 bits per heavy atom. The number of nitrogens with one attached hydrogen (secondary N) is 1. The van der Waals surface area contributed by atoms with Crippen molar-refractivity contribution in [1.82, 2.24) is 10.2 Å². The number of hydrogen-bond acceptors (Lipinski definition) is 2. The molecular formula is C17H26F2N2. The highest BCUT2D eigenvalue weighted by Gasteiger charge is 2.24. The van der Waals surface area contributed by atoms with E-state index in [1.54, 1.807) is 0 Å². The van der Waals surface area contributed by atoms with Crippen molar-refractivity contribution in [3.8, 4) is 0 Å². The maximum Gasteiger partial charge on any atom is 0.126 e. The molecule has 1 fully saturated rings. The normalized spacial score (nSPS) is 21.4. The second kappa shape index (κ2) is 7.85. The number of piperidine rings is 1. The van der Waals surface area contributed by atoms with Gasteiger partial charge in [0.1, 0.15) is 11.6 Å². The first-order chi connectivity index (χ1) is 10.1. The van der Waals surface area contributed by atoms with Crippen LogP contribution < -0.4 is 5.32 Å². The van der Waals surface area contributed by atoms with Crippen molar-refractivity contribution in [3.63, 3.8) is 0 Å². The minimum absolute atomic E-state index is 0.489. The van der Waals surface area contributed by atoms with Gasteiger partial charge in [-0.1, -0.05) is 6.92 Å². The molecule has 1 N–H and O–H groups in total. The van der Waals surface area contributed by atoms with Gasteiger partial charge in [-0.25, -0.2) is 8.78 Å². The number of hydrogen-bond donors (Lipinski definition) is 1. The third kappa shape index (κ3) is 5.04. The maximum absolute atomic E-state index is 13.3. The summed E-state index contributed by atoms with van der Waals surface area (Å²) in [7, 11) is 0. The van der Waals surface area contributed by atoms with Gasteiger partial charge < -0.3 is 5.32 Å². The summed E-state index contributed by atoms with van der Waals surface area (Å²) in [6, 6.07) is 4.30. The van der Waals surface area contributed by atoms with Gasteiger partial charge in [-0.15, -0.1) is 0 Å². The van der Waals surface area contributed by atoms with Crippen LogP contribution in [0.5, 0.6) is 0 Å². The lowest BCUT2D eigenvalue weighted by Crippen LogP contribution is -2.44. The molecule has 0 bridgehead atoms. The molecule has 0 aliphatic carbocycles. The highest BCUT2D eigenvalue weighted by molar-refractivity contribution is 5.17. The molecule has 0 radical (unpaired) electrons. The fraction of sp³-hybridized carbons (Fsp3) is 0.647. The summed E-state index contributed by atoms with van der Waals surface area (Å²) in [6.07, 6.45) is 3.52. The largest absolute Gasteiger partial charge is 0.314 e. The molecule has 1 aromatic rings. The zero-order valence-corrected chi connectivity index (χ0v) is 13.0. The number of likely N-dealkylation sites (tertiary alicyclic amines) is 1. The molecule has 21 heavy (non-hydrogen) atoms. The summed E-state index contributed by atoms with van der Waals surface area (Å²) in [4.78, 5) is 2.31. The number of nitrogens with zero attached hydrogens (tertiary/aromatic N) is 1. The van der Waals surface area contributed by atoms with E-state index in [1.165, 1.54) is 18.6 Å². The van der Waals surface area contributed by atoms with E-state index in [2.05, 4.69) is 24.1 Å². The Hall–Kier alpha value is -1.00. The molecule has 1 heterocycles. The van der Waals surface area contributed by atoms with Gasteiger partial charge in [0, 0.05) is 25.2 Å². The van der Waals surface area contributed by atoms with Crippen LogP contribution in [-0.2, 0) is 6.54 Å². The summed E-state index contributed by atoms with van der Waals surface area (Å²) in [5, 5.41) is 3.56. The van der Waals surface area contributed by atoms with Gasteiger partial charge in [-0.2, -0.15) is 0 Å². The van der Waals surface area contributed by atoms with Gasteiger partial charge in [-0.3, -0.25) is 4.90 Å². The lowest BCUT2D eigenvalue weighted by Gasteiger charge is -2.36. The summed E-state index contributed by atoms with van der Waals surface area (Å²) in [5.74, 6) is -0.364. The Morgan fingerprint density at radius 3 is 2.67 bits per heavy atom. The molecule has 0 spiro atoms. The lowest BCUT2D eigenvalue weighted by atomic mass is 9.91. The Bertz CT molecular complexity index is 430. The standard InChI is InChI=1S/C17H26F2N2/c1-3-6-20-13(2)15-5-4-7-21(12-15)11-14-8-16(18)10-17(19)9-14/h8-10,13,15,20H,3-7,11-12H2,1-2H3. The van der Waals surface area contributed by atoms with E-state index in [9.17, 15) is 8.78 Å². The third-order valence-corrected chi connectivity index (χ3v) is 4.29. The Labute approximate surface area is 126 Å². The first-order valence-electron chi connectivity index (χ1n) is 7.99. The molecule has 2 unspecified atom stereocenters. The molecule has 1 saturated heterocycles. The third-order valence-electron chi connectivity index (χ3n) is 4.29. The number of halogens is 2. The van der Waals surface area contributed by atoms with Crippen LogP contribution in [0.3, 0.4) is 0 Å². The van der Waals surface area contributed by atoms with Gasteiger partial charge in [0.25, 0.3) is 0 Å². The first kappa shape index (κ1) is 16.4. The first-order valence-corrected chi connectivity index (χ1v) is 7.99. The molecule has 0 saturated carbocycles. The molecule has 4 heteroatoms. The van der Waals surface area contributed by atoms with Crippen LogP contribution in [0.15, 0.2) is 18.2 Å². The molecule has 1 aromatic carbocycles. The zero-order valence-electron chi connectivity index (χ0n) is 13.0. The molecule has 2 atom stereocenters. The molecule has 2 nitrogen and oxygen atoms in total. The van der Waals surface area contributed by atoms with Crippen molar-refractivity contribution >= 4 is 0 Å². The zero-order chi connectivity index (χ0) is 15.2. The summed E-state index contributed by atoms with van der Waals surface area (Å²) >= 11 is 0. The van der Waals surface area contributed by atoms with Crippen molar-refractivity contribution in [2.45, 2.75) is 45.7 Å². The second-order valence-corrected chi connectivity index (χ2v) is 6.16. The average molecular weight is 296 g/mol. The monoisotopic (exact) mass is 296 g/mol. The van der Waals surface area contributed by atoms with E-state index in [-0.39, 0.29) is 0 Å². The van der Waals surface area contributed by atoms with Crippen LogP contribution in [-0.4, -0.2) is 30.6 Å². The van der Waals surface area contributed by atoms with Crippen LogP contribution in [0, 0.1) is 17.6 Å². The summed E-state index contributed by atoms with van der Waals surface area (Å²) in [6.45, 7) is 8.10. The summed E-state index contributed by atoms with van der Waals surface area (Å²) in [5.41, 5.74) is 0.724. The lowest BCUT2D eigenvalue weighted by molar-refractivity contribution is 0.144. The molecule has 0 aromatic heterocycles. The predicted octanol–water partition coefficient (Wildman–Crippen LogP) is 3.56. The van der Waals surface area contributed by atoms with Crippen molar-refractivity contribution in [2.75, 3.05) is 19.6 Å². The highest BCUT2D eigenvalue weighted by atomic mass is 19.1. The Kier molecular flexibility index (Phi) is 6.12. The fourth-order valence-corrected chi connectivity index (χ4v) is 3.14. The minimum Gasteiger partial charge on any atom is -0.314 e. The molecule has 0 amide bonds. The van der Waals surface area contributed by atoms with E-state index < -0.39 is 11.6 Å². The van der Waals surface area contributed by atoms with E-state index in [0.29, 0.717) is 18.5 Å². The van der Waals surface area contributed by atoms with Crippen molar-refractivity contribution in [1.29, 1.82) is 0 Å². The van der Waals surface area contributed by atoms with Crippen molar-refractivity contribution < 1.29 is 8.78 Å². The minimum atomic E-state index is -0.489. The molecule has 118 valence electrons. The quantitative estimate of drug-likeness (QED) is 0.863. The van der Waals surface area contributed by atoms with Crippen LogP contribution in [0.4, 0.5) is 8.78 Å². The number of benzene rings is 1. The van der Waals surface area contributed by atoms with E-state index in [0.717, 1.165) is 44.1 Å². The van der Waals surface area contributed by atoms with Crippen LogP contribution in [0.25, 0.3) is 0 Å². The summed E-state index contributed by atoms with van der Waals surface area (Å²) < 4.78 is 26.5. The maximum atomic E-state index is 13.3. The van der Waals surface area contributed by atoms with E-state index >= 15 is 0 Å². The van der Waals surface area contributed by atoms with Gasteiger partial charge in [0.15, 0.2) is 0 Å². The van der Waals surface area contributed by atoms with Crippen molar-refractivity contribution in [2.24, 2.45) is 5.92 Å². The van der Waals surface area contributed by atoms with Gasteiger partial charge in [0.2, 0.25) is 0 Å². The Balaban J connectivity index is 1.91. The van der Waals surface area contributed by atoms with E-state index in [4.69, 9.17) is 0 Å². The molecule has 2 rings (SSSR count). The smallest absolute Gasteiger partial charge is 0.126 e. The second-order valence-electron chi connectivity index (χ2n) is 6.16. The topological polar surface area (TPSA) is 15.3 Å². The van der Waals surface area contributed by atoms with Crippen LogP contribution in [0.2, 0.25) is 0 Å². The van der Waals surface area contributed by atoms with Crippen LogP contribution in [0.1, 0.15) is 38.7 Å². The average Bonchev–Trinajstić information content (AvgIpc) is 2.44. The van der Waals surface area contributed by atoms with Gasteiger partial charge >= 0.3 is 0 Å². The fourth-order valence-electron chi connectivity index (χ4n) is 3.14. The number of rotatable bonds is 6. The SMILES string of the molecule is CCCNC(C)C1CCCN(Cc2cc(F)cc(F)c2)C1. The van der Waals surface area contributed by atoms with E-state index in [1.807, 2.05) is 0 Å².